The van der Waals surface area contributed by atoms with E-state index < -0.39 is 5.82 Å². The summed E-state index contributed by atoms with van der Waals surface area (Å²) in [5, 5.41) is 12.1. The van der Waals surface area contributed by atoms with Crippen molar-refractivity contribution in [1.29, 1.82) is 0 Å². The molecule has 8 heteroatoms. The fourth-order valence-corrected chi connectivity index (χ4v) is 4.63. The Morgan fingerprint density at radius 1 is 1.29 bits per heavy atom. The number of nitrogens with zero attached hydrogens (tertiary/aromatic N) is 4. The van der Waals surface area contributed by atoms with Crippen molar-refractivity contribution >= 4 is 17.9 Å². The highest BCUT2D eigenvalue weighted by Crippen LogP contribution is 2.44. The van der Waals surface area contributed by atoms with Crippen molar-refractivity contribution in [2.24, 2.45) is 0 Å². The van der Waals surface area contributed by atoms with Crippen molar-refractivity contribution in [3.8, 4) is 17.0 Å². The van der Waals surface area contributed by atoms with Gasteiger partial charge in [-0.3, -0.25) is 14.1 Å². The summed E-state index contributed by atoms with van der Waals surface area (Å²) in [5.74, 6) is 0.671. The number of likely N-dealkylation sites (N-methyl/N-ethyl adjacent to an activating group) is 1. The molecule has 1 aliphatic heterocycles. The van der Waals surface area contributed by atoms with Crippen LogP contribution in [0, 0.1) is 5.82 Å². The van der Waals surface area contributed by atoms with Crippen LogP contribution in [0.25, 0.3) is 16.8 Å². The van der Waals surface area contributed by atoms with Crippen molar-refractivity contribution in [2.75, 3.05) is 25.0 Å². The Morgan fingerprint density at radius 3 is 2.94 bits per heavy atom. The first-order valence-corrected chi connectivity index (χ1v) is 11.0. The molecule has 1 atom stereocenters. The molecule has 1 N–H and O–H groups in total. The molecule has 162 valence electrons. The zero-order chi connectivity index (χ0) is 21.4. The lowest BCUT2D eigenvalue weighted by atomic mass is 10.0. The zero-order valence-electron chi connectivity index (χ0n) is 17.6. The van der Waals surface area contributed by atoms with E-state index in [0.717, 1.165) is 44.5 Å². The number of rotatable bonds is 8. The molecule has 2 aromatic heterocycles. The van der Waals surface area contributed by atoms with E-state index in [-0.39, 0.29) is 11.3 Å². The summed E-state index contributed by atoms with van der Waals surface area (Å²) in [7, 11) is 0. The Balaban J connectivity index is 1.50. The first-order chi connectivity index (χ1) is 15.2. The van der Waals surface area contributed by atoms with Gasteiger partial charge in [0, 0.05) is 18.8 Å². The quantitative estimate of drug-likeness (QED) is 0.555. The summed E-state index contributed by atoms with van der Waals surface area (Å²) >= 11 is 0. The van der Waals surface area contributed by atoms with E-state index in [0.29, 0.717) is 35.6 Å². The molecule has 0 spiro atoms. The summed E-state index contributed by atoms with van der Waals surface area (Å²) in [6.07, 6.45) is 6.29. The highest BCUT2D eigenvalue weighted by atomic mass is 19.1. The molecule has 2 fully saturated rings. The molecule has 0 amide bonds. The largest absolute Gasteiger partial charge is 0.428 e. The fourth-order valence-electron chi connectivity index (χ4n) is 4.63. The second-order valence-corrected chi connectivity index (χ2v) is 8.31. The second-order valence-electron chi connectivity index (χ2n) is 8.31. The third-order valence-electron chi connectivity index (χ3n) is 6.40. The van der Waals surface area contributed by atoms with Crippen LogP contribution in [0.1, 0.15) is 44.1 Å². The minimum absolute atomic E-state index is 0.159. The van der Waals surface area contributed by atoms with Gasteiger partial charge in [-0.25, -0.2) is 4.39 Å². The topological polar surface area (TPSA) is 71.8 Å². The van der Waals surface area contributed by atoms with Gasteiger partial charge < -0.3 is 10.1 Å². The third kappa shape index (κ3) is 3.76. The molecule has 7 nitrogen and oxygen atoms in total. The van der Waals surface area contributed by atoms with Gasteiger partial charge >= 0.3 is 0 Å². The SMILES string of the molecule is CCN1CCC[C@H]1CNc1nnc(-c2c(F)cc(C3CC3)cc2OC=O)c2cccn12. The van der Waals surface area contributed by atoms with Crippen LogP contribution in [0.3, 0.4) is 0 Å². The molecule has 2 aliphatic rings. The number of likely N-dealkylation sites (tertiary alicyclic amines) is 1. The van der Waals surface area contributed by atoms with Gasteiger partial charge in [0.1, 0.15) is 17.3 Å². The molecular formula is C23H26FN5O2. The van der Waals surface area contributed by atoms with Gasteiger partial charge in [0.2, 0.25) is 5.95 Å². The van der Waals surface area contributed by atoms with E-state index in [1.807, 2.05) is 22.7 Å². The van der Waals surface area contributed by atoms with Gasteiger partial charge in [0.15, 0.2) is 0 Å². The van der Waals surface area contributed by atoms with Crippen LogP contribution in [0.2, 0.25) is 0 Å². The molecule has 31 heavy (non-hydrogen) atoms. The van der Waals surface area contributed by atoms with Gasteiger partial charge in [-0.1, -0.05) is 6.92 Å². The van der Waals surface area contributed by atoms with Gasteiger partial charge in [0.25, 0.3) is 6.47 Å². The maximum atomic E-state index is 15.2. The van der Waals surface area contributed by atoms with Gasteiger partial charge in [0.05, 0.1) is 11.1 Å². The monoisotopic (exact) mass is 423 g/mol. The average Bonchev–Trinajstić information content (AvgIpc) is 3.31. The van der Waals surface area contributed by atoms with E-state index in [9.17, 15) is 4.79 Å². The molecule has 5 rings (SSSR count). The third-order valence-corrected chi connectivity index (χ3v) is 6.40. The van der Waals surface area contributed by atoms with E-state index >= 15 is 4.39 Å². The van der Waals surface area contributed by atoms with Crippen molar-refractivity contribution in [3.05, 3.63) is 41.8 Å². The minimum atomic E-state index is -0.455. The average molecular weight is 423 g/mol. The Morgan fingerprint density at radius 2 is 2.16 bits per heavy atom. The highest BCUT2D eigenvalue weighted by molar-refractivity contribution is 5.82. The lowest BCUT2D eigenvalue weighted by molar-refractivity contribution is -0.120. The molecule has 3 heterocycles. The number of hydrogen-bond acceptors (Lipinski definition) is 6. The number of hydrogen-bond donors (Lipinski definition) is 1. The van der Waals surface area contributed by atoms with Crippen LogP contribution < -0.4 is 10.1 Å². The van der Waals surface area contributed by atoms with Crippen LogP contribution in [-0.2, 0) is 4.79 Å². The number of aromatic nitrogens is 3. The van der Waals surface area contributed by atoms with Crippen LogP contribution in [0.5, 0.6) is 5.75 Å². The summed E-state index contributed by atoms with van der Waals surface area (Å²) in [6, 6.07) is 7.48. The van der Waals surface area contributed by atoms with Crippen LogP contribution in [0.15, 0.2) is 30.5 Å². The van der Waals surface area contributed by atoms with Crippen LogP contribution in [-0.4, -0.2) is 51.6 Å². The van der Waals surface area contributed by atoms with E-state index in [2.05, 4.69) is 27.3 Å². The normalized spacial score (nSPS) is 19.1. The number of benzene rings is 1. The number of ether oxygens (including phenoxy) is 1. The summed E-state index contributed by atoms with van der Waals surface area (Å²) in [4.78, 5) is 13.6. The van der Waals surface area contributed by atoms with E-state index in [4.69, 9.17) is 4.74 Å². The van der Waals surface area contributed by atoms with Gasteiger partial charge in [-0.15, -0.1) is 10.2 Å². The van der Waals surface area contributed by atoms with E-state index in [1.54, 1.807) is 6.07 Å². The molecule has 0 bridgehead atoms. The standard InChI is InChI=1S/C23H26FN5O2/c1-2-28-9-3-5-17(28)13-25-23-27-26-22(19-6-4-10-29(19)23)21-18(24)11-16(15-7-8-15)12-20(21)31-14-30/h4,6,10-12,14-15,17H,2-3,5,7-9,13H2,1H3,(H,25,27)/t17-/m0/s1. The van der Waals surface area contributed by atoms with Gasteiger partial charge in [-0.2, -0.15) is 0 Å². The molecule has 1 aliphatic carbocycles. The number of fused-ring (bicyclic) bond motifs is 1. The van der Waals surface area contributed by atoms with Crippen molar-refractivity contribution in [1.82, 2.24) is 19.5 Å². The molecular weight excluding hydrogens is 397 g/mol. The van der Waals surface area contributed by atoms with E-state index in [1.165, 1.54) is 12.5 Å². The van der Waals surface area contributed by atoms with Crippen LogP contribution >= 0.6 is 0 Å². The molecule has 1 saturated heterocycles. The maximum Gasteiger partial charge on any atom is 0.298 e. The Labute approximate surface area is 180 Å². The molecule has 1 saturated carbocycles. The molecule has 3 aromatic rings. The number of carbonyl (C=O) groups excluding carboxylic acids is 1. The Hall–Kier alpha value is -3.00. The molecule has 0 radical (unpaired) electrons. The van der Waals surface area contributed by atoms with Crippen molar-refractivity contribution in [3.63, 3.8) is 0 Å². The first kappa shape index (κ1) is 19.9. The molecule has 1 aromatic carbocycles. The number of nitrogens with one attached hydrogen (secondary N) is 1. The summed E-state index contributed by atoms with van der Waals surface area (Å²) < 4.78 is 22.2. The van der Waals surface area contributed by atoms with Crippen LogP contribution in [0.4, 0.5) is 10.3 Å². The highest BCUT2D eigenvalue weighted by Gasteiger charge is 2.28. The smallest absolute Gasteiger partial charge is 0.298 e. The predicted octanol–water partition coefficient (Wildman–Crippen LogP) is 3.84. The Kier molecular flexibility index (Phi) is 5.31. The maximum absolute atomic E-state index is 15.2. The fraction of sp³-hybridized carbons (Fsp3) is 0.435. The zero-order valence-corrected chi connectivity index (χ0v) is 17.6. The second kappa shape index (κ2) is 8.26. The lowest BCUT2D eigenvalue weighted by Crippen LogP contribution is -2.35. The number of anilines is 1. The van der Waals surface area contributed by atoms with Gasteiger partial charge in [-0.05, 0) is 74.5 Å². The Bertz CT molecular complexity index is 1110. The predicted molar refractivity (Wildman–Crippen MR) is 116 cm³/mol. The lowest BCUT2D eigenvalue weighted by Gasteiger charge is -2.23. The van der Waals surface area contributed by atoms with Crippen molar-refractivity contribution in [2.45, 2.75) is 44.6 Å². The van der Waals surface area contributed by atoms with Crippen molar-refractivity contribution < 1.29 is 13.9 Å². The minimum Gasteiger partial charge on any atom is -0.428 e. The summed E-state index contributed by atoms with van der Waals surface area (Å²) in [5.41, 5.74) is 2.06. The number of carbonyl (C=O) groups is 1. The first-order valence-electron chi connectivity index (χ1n) is 11.0. The summed E-state index contributed by atoms with van der Waals surface area (Å²) in [6.45, 7) is 5.44. The molecule has 0 unspecified atom stereocenters. The number of halogens is 1.